The van der Waals surface area contributed by atoms with Crippen LogP contribution in [0.2, 0.25) is 0 Å². The molecule has 1 unspecified atom stereocenters. The molecule has 0 aromatic heterocycles. The second-order valence-electron chi connectivity index (χ2n) is 5.67. The zero-order valence-corrected chi connectivity index (χ0v) is 12.6. The van der Waals surface area contributed by atoms with Crippen molar-refractivity contribution in [2.24, 2.45) is 0 Å². The third kappa shape index (κ3) is 2.90. The second-order valence-corrected chi connectivity index (χ2v) is 5.67. The Bertz CT molecular complexity index is 537. The van der Waals surface area contributed by atoms with Crippen LogP contribution in [-0.4, -0.2) is 30.3 Å². The Labute approximate surface area is 120 Å². The number of anilines is 1. The first-order valence-electron chi connectivity index (χ1n) is 7.11. The summed E-state index contributed by atoms with van der Waals surface area (Å²) in [6, 6.07) is 5.72. The van der Waals surface area contributed by atoms with Crippen LogP contribution in [0.1, 0.15) is 43.6 Å². The van der Waals surface area contributed by atoms with Crippen LogP contribution in [0.5, 0.6) is 0 Å². The summed E-state index contributed by atoms with van der Waals surface area (Å²) in [5, 5.41) is 3.22. The number of amides is 1. The van der Waals surface area contributed by atoms with E-state index in [1.807, 2.05) is 39.0 Å². The van der Waals surface area contributed by atoms with Gasteiger partial charge in [-0.25, -0.2) is 0 Å². The number of hydrogen-bond donors (Lipinski definition) is 1. The number of nitrogens with one attached hydrogen (secondary N) is 1. The number of benzene rings is 1. The molecule has 1 amide bonds. The van der Waals surface area contributed by atoms with Gasteiger partial charge in [-0.05, 0) is 37.1 Å². The van der Waals surface area contributed by atoms with Crippen molar-refractivity contribution in [3.63, 3.8) is 0 Å². The van der Waals surface area contributed by atoms with Gasteiger partial charge in [0.25, 0.3) is 0 Å². The highest BCUT2D eigenvalue weighted by atomic mass is 16.2. The minimum absolute atomic E-state index is 0.0534. The highest BCUT2D eigenvalue weighted by molar-refractivity contribution is 6.01. The maximum atomic E-state index is 12.4. The van der Waals surface area contributed by atoms with E-state index in [0.29, 0.717) is 6.54 Å². The van der Waals surface area contributed by atoms with Crippen molar-refractivity contribution in [1.29, 1.82) is 0 Å². The fourth-order valence-electron chi connectivity index (χ4n) is 2.71. The maximum Gasteiger partial charge on any atom is 0.223 e. The van der Waals surface area contributed by atoms with Crippen LogP contribution in [-0.2, 0) is 11.2 Å². The molecule has 20 heavy (non-hydrogen) atoms. The minimum atomic E-state index is -0.196. The summed E-state index contributed by atoms with van der Waals surface area (Å²) < 4.78 is 0. The Morgan fingerprint density at radius 2 is 1.95 bits per heavy atom. The predicted molar refractivity (Wildman–Crippen MR) is 80.2 cm³/mol. The Balaban J connectivity index is 2.20. The number of nitrogens with zero attached hydrogens (tertiary/aromatic N) is 1. The van der Waals surface area contributed by atoms with Crippen LogP contribution in [0.25, 0.3) is 0 Å². The van der Waals surface area contributed by atoms with E-state index in [2.05, 4.69) is 5.32 Å². The topological polar surface area (TPSA) is 49.4 Å². The Hall–Kier alpha value is -1.68. The molecule has 1 aromatic carbocycles. The summed E-state index contributed by atoms with van der Waals surface area (Å²) >= 11 is 0. The molecule has 1 heterocycles. The Kier molecular flexibility index (Phi) is 4.23. The van der Waals surface area contributed by atoms with Crippen molar-refractivity contribution < 1.29 is 9.59 Å². The summed E-state index contributed by atoms with van der Waals surface area (Å²) in [5.74, 6) is 0.153. The van der Waals surface area contributed by atoms with Crippen LogP contribution in [0.3, 0.4) is 0 Å². The predicted octanol–water partition coefficient (Wildman–Crippen LogP) is 2.16. The molecule has 1 aliphatic heterocycles. The summed E-state index contributed by atoms with van der Waals surface area (Å²) in [6.07, 6.45) is 0.821. The number of carbonyl (C=O) groups excluding carboxylic acids is 2. The number of ketones is 1. The quantitative estimate of drug-likeness (QED) is 0.856. The number of fused-ring (bicyclic) bond motifs is 1. The van der Waals surface area contributed by atoms with Gasteiger partial charge in [0.2, 0.25) is 5.91 Å². The van der Waals surface area contributed by atoms with Crippen molar-refractivity contribution >= 4 is 17.4 Å². The molecule has 0 spiro atoms. The van der Waals surface area contributed by atoms with Gasteiger partial charge in [0.05, 0.1) is 6.04 Å². The van der Waals surface area contributed by atoms with Crippen LogP contribution < -0.4 is 10.2 Å². The highest BCUT2D eigenvalue weighted by Crippen LogP contribution is 2.29. The maximum absolute atomic E-state index is 12.4. The van der Waals surface area contributed by atoms with Gasteiger partial charge in [0, 0.05) is 30.8 Å². The van der Waals surface area contributed by atoms with Crippen LogP contribution in [0.4, 0.5) is 5.69 Å². The summed E-state index contributed by atoms with van der Waals surface area (Å²) in [7, 11) is 0. The lowest BCUT2D eigenvalue weighted by molar-refractivity contribution is -0.116. The van der Waals surface area contributed by atoms with E-state index in [4.69, 9.17) is 0 Å². The van der Waals surface area contributed by atoms with E-state index in [9.17, 15) is 9.59 Å². The number of hydrogen-bond acceptors (Lipinski definition) is 3. The Morgan fingerprint density at radius 3 is 2.55 bits per heavy atom. The molecule has 4 nitrogen and oxygen atoms in total. The van der Waals surface area contributed by atoms with Gasteiger partial charge >= 0.3 is 0 Å². The SMILES string of the molecule is CC(=O)N1CCc2cc(C(=O)C(C)NC(C)C)ccc21. The molecule has 4 heteroatoms. The van der Waals surface area contributed by atoms with Gasteiger partial charge in [0.15, 0.2) is 5.78 Å². The molecule has 108 valence electrons. The third-order valence-corrected chi connectivity index (χ3v) is 3.62. The molecule has 0 radical (unpaired) electrons. The van der Waals surface area contributed by atoms with Crippen molar-refractivity contribution in [3.8, 4) is 0 Å². The Morgan fingerprint density at radius 1 is 1.25 bits per heavy atom. The van der Waals surface area contributed by atoms with Crippen molar-refractivity contribution in [1.82, 2.24) is 5.32 Å². The van der Waals surface area contributed by atoms with Gasteiger partial charge in [-0.1, -0.05) is 13.8 Å². The zero-order valence-electron chi connectivity index (χ0n) is 12.6. The molecule has 1 aliphatic rings. The molecule has 0 fully saturated rings. The molecule has 1 atom stereocenters. The summed E-state index contributed by atoms with van der Waals surface area (Å²) in [5.41, 5.74) is 2.75. The first kappa shape index (κ1) is 14.7. The van der Waals surface area contributed by atoms with E-state index in [0.717, 1.165) is 23.2 Å². The standard InChI is InChI=1S/C16H22N2O2/c1-10(2)17-11(3)16(20)14-5-6-15-13(9-14)7-8-18(15)12(4)19/h5-6,9-11,17H,7-8H2,1-4H3. The lowest BCUT2D eigenvalue weighted by Gasteiger charge is -2.17. The number of rotatable bonds is 4. The second kappa shape index (κ2) is 5.75. The van der Waals surface area contributed by atoms with E-state index >= 15 is 0 Å². The first-order chi connectivity index (χ1) is 9.40. The normalized spacial score (nSPS) is 15.3. The molecule has 0 saturated carbocycles. The van der Waals surface area contributed by atoms with Gasteiger partial charge in [-0.2, -0.15) is 0 Å². The lowest BCUT2D eigenvalue weighted by Crippen LogP contribution is -2.38. The van der Waals surface area contributed by atoms with E-state index in [1.54, 1.807) is 11.8 Å². The molecule has 1 N–H and O–H groups in total. The number of carbonyl (C=O) groups is 2. The number of Topliss-reactive ketones (excluding diaryl/α,β-unsaturated/α-hetero) is 1. The van der Waals surface area contributed by atoms with Gasteiger partial charge in [-0.15, -0.1) is 0 Å². The molecule has 0 aliphatic carbocycles. The van der Waals surface area contributed by atoms with Crippen LogP contribution >= 0.6 is 0 Å². The van der Waals surface area contributed by atoms with Crippen molar-refractivity contribution in [2.45, 2.75) is 46.2 Å². The fourth-order valence-corrected chi connectivity index (χ4v) is 2.71. The first-order valence-corrected chi connectivity index (χ1v) is 7.11. The van der Waals surface area contributed by atoms with E-state index in [1.165, 1.54) is 0 Å². The average molecular weight is 274 g/mol. The largest absolute Gasteiger partial charge is 0.312 e. The van der Waals surface area contributed by atoms with Gasteiger partial charge in [0.1, 0.15) is 0 Å². The smallest absolute Gasteiger partial charge is 0.223 e. The molecular formula is C16H22N2O2. The van der Waals surface area contributed by atoms with Gasteiger partial charge < -0.3 is 10.2 Å². The molecule has 1 aromatic rings. The van der Waals surface area contributed by atoms with Gasteiger partial charge in [-0.3, -0.25) is 9.59 Å². The summed E-state index contributed by atoms with van der Waals surface area (Å²) in [6.45, 7) is 8.22. The molecule has 0 bridgehead atoms. The molecule has 0 saturated heterocycles. The van der Waals surface area contributed by atoms with E-state index < -0.39 is 0 Å². The fraction of sp³-hybridized carbons (Fsp3) is 0.500. The van der Waals surface area contributed by atoms with Crippen molar-refractivity contribution in [2.75, 3.05) is 11.4 Å². The van der Waals surface area contributed by atoms with E-state index in [-0.39, 0.29) is 23.8 Å². The zero-order chi connectivity index (χ0) is 14.9. The monoisotopic (exact) mass is 274 g/mol. The lowest BCUT2D eigenvalue weighted by atomic mass is 10.0. The third-order valence-electron chi connectivity index (χ3n) is 3.62. The van der Waals surface area contributed by atoms with Crippen LogP contribution in [0, 0.1) is 0 Å². The highest BCUT2D eigenvalue weighted by Gasteiger charge is 2.24. The van der Waals surface area contributed by atoms with Crippen LogP contribution in [0.15, 0.2) is 18.2 Å². The molecular weight excluding hydrogens is 252 g/mol. The molecule has 2 rings (SSSR count). The average Bonchev–Trinajstić information content (AvgIpc) is 2.79. The minimum Gasteiger partial charge on any atom is -0.312 e. The van der Waals surface area contributed by atoms with Crippen molar-refractivity contribution in [3.05, 3.63) is 29.3 Å². The summed E-state index contributed by atoms with van der Waals surface area (Å²) in [4.78, 5) is 25.6.